The highest BCUT2D eigenvalue weighted by atomic mass is 16.7. The Hall–Kier alpha value is -1.68. The first-order chi connectivity index (χ1) is 9.28. The van der Waals surface area contributed by atoms with Gasteiger partial charge in [-0.2, -0.15) is 0 Å². The Morgan fingerprint density at radius 1 is 1.26 bits per heavy atom. The SMILES string of the molecule is O=CC1CCC2OC(OC(=O)c3ccccc3)CC12. The molecular weight excluding hydrogens is 244 g/mol. The minimum absolute atomic E-state index is 0.0606. The third-order valence-electron chi connectivity index (χ3n) is 4.03. The molecule has 100 valence electrons. The van der Waals surface area contributed by atoms with Gasteiger partial charge in [-0.25, -0.2) is 4.79 Å². The van der Waals surface area contributed by atoms with Crippen LogP contribution >= 0.6 is 0 Å². The summed E-state index contributed by atoms with van der Waals surface area (Å²) < 4.78 is 11.1. The Morgan fingerprint density at radius 3 is 2.79 bits per heavy atom. The minimum Gasteiger partial charge on any atom is -0.432 e. The van der Waals surface area contributed by atoms with Crippen molar-refractivity contribution in [1.29, 1.82) is 0 Å². The number of hydrogen-bond donors (Lipinski definition) is 0. The van der Waals surface area contributed by atoms with Crippen LogP contribution in [0.15, 0.2) is 30.3 Å². The minimum atomic E-state index is -0.509. The van der Waals surface area contributed by atoms with Crippen molar-refractivity contribution in [2.24, 2.45) is 11.8 Å². The Balaban J connectivity index is 1.61. The van der Waals surface area contributed by atoms with E-state index in [-0.39, 0.29) is 23.9 Å². The summed E-state index contributed by atoms with van der Waals surface area (Å²) in [6.07, 6.45) is 2.97. The molecule has 1 aromatic carbocycles. The van der Waals surface area contributed by atoms with Crippen molar-refractivity contribution >= 4 is 12.3 Å². The molecular formula is C15H16O4. The smallest absolute Gasteiger partial charge is 0.340 e. The summed E-state index contributed by atoms with van der Waals surface area (Å²) >= 11 is 0. The fourth-order valence-electron chi connectivity index (χ4n) is 3.04. The van der Waals surface area contributed by atoms with Gasteiger partial charge in [-0.05, 0) is 25.0 Å². The Labute approximate surface area is 111 Å². The highest BCUT2D eigenvalue weighted by Crippen LogP contribution is 2.42. The molecule has 0 radical (unpaired) electrons. The summed E-state index contributed by atoms with van der Waals surface area (Å²) in [5.74, 6) is -0.0928. The third-order valence-corrected chi connectivity index (χ3v) is 4.03. The molecule has 2 fully saturated rings. The molecule has 0 bridgehead atoms. The lowest BCUT2D eigenvalue weighted by Crippen LogP contribution is -2.19. The van der Waals surface area contributed by atoms with E-state index in [9.17, 15) is 9.59 Å². The fourth-order valence-corrected chi connectivity index (χ4v) is 3.04. The van der Waals surface area contributed by atoms with Crippen molar-refractivity contribution in [3.8, 4) is 0 Å². The Bertz CT molecular complexity index is 470. The van der Waals surface area contributed by atoms with Gasteiger partial charge in [-0.15, -0.1) is 0 Å². The van der Waals surface area contributed by atoms with E-state index < -0.39 is 6.29 Å². The molecule has 1 heterocycles. The summed E-state index contributed by atoms with van der Waals surface area (Å²) in [4.78, 5) is 22.8. The van der Waals surface area contributed by atoms with E-state index in [1.807, 2.05) is 6.07 Å². The highest BCUT2D eigenvalue weighted by molar-refractivity contribution is 5.89. The highest BCUT2D eigenvalue weighted by Gasteiger charge is 2.45. The lowest BCUT2D eigenvalue weighted by molar-refractivity contribution is -0.112. The van der Waals surface area contributed by atoms with Crippen LogP contribution in [0.1, 0.15) is 29.6 Å². The molecule has 19 heavy (non-hydrogen) atoms. The maximum atomic E-state index is 11.9. The molecule has 1 aromatic rings. The average molecular weight is 260 g/mol. The van der Waals surface area contributed by atoms with Crippen LogP contribution in [-0.2, 0) is 14.3 Å². The normalized spacial score (nSPS) is 32.8. The zero-order valence-electron chi connectivity index (χ0n) is 10.5. The largest absolute Gasteiger partial charge is 0.432 e. The van der Waals surface area contributed by atoms with Crippen molar-refractivity contribution in [1.82, 2.24) is 0 Å². The summed E-state index contributed by atoms with van der Waals surface area (Å²) in [5.41, 5.74) is 0.523. The standard InChI is InChI=1S/C15H16O4/c16-9-11-6-7-13-12(11)8-14(18-13)19-15(17)10-4-2-1-3-5-10/h1-5,9,11-14H,6-8H2. The second-order valence-corrected chi connectivity index (χ2v) is 5.15. The lowest BCUT2D eigenvalue weighted by atomic mass is 9.94. The molecule has 4 unspecified atom stereocenters. The zero-order chi connectivity index (χ0) is 13.2. The molecule has 1 aliphatic carbocycles. The molecule has 0 aromatic heterocycles. The van der Waals surface area contributed by atoms with Crippen LogP contribution in [0.3, 0.4) is 0 Å². The topological polar surface area (TPSA) is 52.6 Å². The fraction of sp³-hybridized carbons (Fsp3) is 0.467. The van der Waals surface area contributed by atoms with Crippen LogP contribution in [0.2, 0.25) is 0 Å². The Kier molecular flexibility index (Phi) is 3.34. The van der Waals surface area contributed by atoms with Gasteiger partial charge in [-0.1, -0.05) is 18.2 Å². The van der Waals surface area contributed by atoms with Gasteiger partial charge in [0, 0.05) is 18.3 Å². The van der Waals surface area contributed by atoms with Gasteiger partial charge < -0.3 is 14.3 Å². The first-order valence-corrected chi connectivity index (χ1v) is 6.64. The molecule has 0 N–H and O–H groups in total. The summed E-state index contributed by atoms with van der Waals surface area (Å²) in [7, 11) is 0. The second-order valence-electron chi connectivity index (χ2n) is 5.15. The quantitative estimate of drug-likeness (QED) is 0.617. The van der Waals surface area contributed by atoms with Crippen LogP contribution < -0.4 is 0 Å². The number of hydrogen-bond acceptors (Lipinski definition) is 4. The number of carbonyl (C=O) groups is 2. The number of aldehydes is 1. The number of esters is 1. The Morgan fingerprint density at radius 2 is 2.05 bits per heavy atom. The van der Waals surface area contributed by atoms with Crippen LogP contribution in [0.25, 0.3) is 0 Å². The molecule has 1 saturated heterocycles. The van der Waals surface area contributed by atoms with Gasteiger partial charge >= 0.3 is 5.97 Å². The first-order valence-electron chi connectivity index (χ1n) is 6.64. The van der Waals surface area contributed by atoms with Gasteiger partial charge in [-0.3, -0.25) is 0 Å². The zero-order valence-corrected chi connectivity index (χ0v) is 10.5. The maximum Gasteiger partial charge on any atom is 0.340 e. The molecule has 4 heteroatoms. The van der Waals surface area contributed by atoms with E-state index in [1.165, 1.54) is 0 Å². The van der Waals surface area contributed by atoms with Crippen LogP contribution in [0, 0.1) is 11.8 Å². The second kappa shape index (κ2) is 5.13. The number of ether oxygens (including phenoxy) is 2. The third kappa shape index (κ3) is 2.40. The predicted molar refractivity (Wildman–Crippen MR) is 67.4 cm³/mol. The summed E-state index contributed by atoms with van der Waals surface area (Å²) in [6.45, 7) is 0. The number of carbonyl (C=O) groups excluding carboxylic acids is 2. The monoisotopic (exact) mass is 260 g/mol. The molecule has 1 saturated carbocycles. The number of rotatable bonds is 3. The van der Waals surface area contributed by atoms with E-state index in [0.717, 1.165) is 19.1 Å². The van der Waals surface area contributed by atoms with E-state index in [4.69, 9.17) is 9.47 Å². The molecule has 0 spiro atoms. The summed E-state index contributed by atoms with van der Waals surface area (Å²) in [6, 6.07) is 8.87. The molecule has 2 aliphatic rings. The van der Waals surface area contributed by atoms with E-state index in [1.54, 1.807) is 24.3 Å². The van der Waals surface area contributed by atoms with Crippen molar-refractivity contribution in [2.75, 3.05) is 0 Å². The first kappa shape index (κ1) is 12.4. The van der Waals surface area contributed by atoms with Crippen molar-refractivity contribution < 1.29 is 19.1 Å². The molecule has 0 amide bonds. The number of fused-ring (bicyclic) bond motifs is 1. The van der Waals surface area contributed by atoms with E-state index >= 15 is 0 Å². The maximum absolute atomic E-state index is 11.9. The molecule has 4 nitrogen and oxygen atoms in total. The van der Waals surface area contributed by atoms with Crippen LogP contribution in [0.5, 0.6) is 0 Å². The molecule has 3 rings (SSSR count). The summed E-state index contributed by atoms with van der Waals surface area (Å²) in [5, 5.41) is 0. The van der Waals surface area contributed by atoms with Crippen molar-refractivity contribution in [3.05, 3.63) is 35.9 Å². The molecule has 4 atom stereocenters. The lowest BCUT2D eigenvalue weighted by Gasteiger charge is -2.13. The van der Waals surface area contributed by atoms with Crippen LogP contribution in [-0.4, -0.2) is 24.6 Å². The van der Waals surface area contributed by atoms with Crippen LogP contribution in [0.4, 0.5) is 0 Å². The van der Waals surface area contributed by atoms with Gasteiger partial charge in [0.2, 0.25) is 6.29 Å². The van der Waals surface area contributed by atoms with Crippen molar-refractivity contribution in [3.63, 3.8) is 0 Å². The van der Waals surface area contributed by atoms with Gasteiger partial charge in [0.25, 0.3) is 0 Å². The number of benzene rings is 1. The van der Waals surface area contributed by atoms with E-state index in [0.29, 0.717) is 12.0 Å². The average Bonchev–Trinajstić information content (AvgIpc) is 2.99. The van der Waals surface area contributed by atoms with Gasteiger partial charge in [0.15, 0.2) is 0 Å². The van der Waals surface area contributed by atoms with E-state index in [2.05, 4.69) is 0 Å². The predicted octanol–water partition coefficient (Wildman–Crippen LogP) is 2.18. The van der Waals surface area contributed by atoms with Gasteiger partial charge in [0.05, 0.1) is 11.7 Å². The van der Waals surface area contributed by atoms with Crippen molar-refractivity contribution in [2.45, 2.75) is 31.7 Å². The van der Waals surface area contributed by atoms with Gasteiger partial charge in [0.1, 0.15) is 6.29 Å². The molecule has 1 aliphatic heterocycles.